The molecule has 2 heteroatoms. The van der Waals surface area contributed by atoms with Crippen LogP contribution in [0.15, 0.2) is 30.3 Å². The predicted octanol–water partition coefficient (Wildman–Crippen LogP) is 1.39. The number of nitrogens with two attached hydrogens (primary N) is 1. The first-order valence-corrected chi connectivity index (χ1v) is 4.80. The number of hydrogen-bond donors (Lipinski definition) is 1. The second kappa shape index (κ2) is 3.48. The fraction of sp³-hybridized carbons (Fsp3) is 0.455. The molecule has 0 bridgehead atoms. The summed E-state index contributed by atoms with van der Waals surface area (Å²) >= 11 is 0. The van der Waals surface area contributed by atoms with Gasteiger partial charge in [-0.15, -0.1) is 0 Å². The molecule has 1 aliphatic rings. The first-order valence-electron chi connectivity index (χ1n) is 4.80. The summed E-state index contributed by atoms with van der Waals surface area (Å²) in [6.07, 6.45) is 1.11. The van der Waals surface area contributed by atoms with Gasteiger partial charge in [0.1, 0.15) is 0 Å². The maximum Gasteiger partial charge on any atom is 0.0496 e. The van der Waals surface area contributed by atoms with Gasteiger partial charge in [-0.25, -0.2) is 0 Å². The van der Waals surface area contributed by atoms with Crippen LogP contribution in [0.25, 0.3) is 0 Å². The molecule has 1 aromatic carbocycles. The Kier molecular flexibility index (Phi) is 2.34. The van der Waals surface area contributed by atoms with Crippen LogP contribution in [0.2, 0.25) is 0 Å². The van der Waals surface area contributed by atoms with Crippen molar-refractivity contribution in [3.8, 4) is 0 Å². The van der Waals surface area contributed by atoms with Gasteiger partial charge < -0.3 is 5.73 Å². The summed E-state index contributed by atoms with van der Waals surface area (Å²) in [7, 11) is 2.14. The Balaban J connectivity index is 2.25. The van der Waals surface area contributed by atoms with Gasteiger partial charge >= 0.3 is 0 Å². The van der Waals surface area contributed by atoms with Crippen molar-refractivity contribution in [1.82, 2.24) is 4.90 Å². The molecule has 1 aromatic rings. The second-order valence-electron chi connectivity index (χ2n) is 3.79. The fourth-order valence-electron chi connectivity index (χ4n) is 2.13. The van der Waals surface area contributed by atoms with E-state index in [2.05, 4.69) is 36.2 Å². The molecule has 0 radical (unpaired) electrons. The van der Waals surface area contributed by atoms with Gasteiger partial charge in [0, 0.05) is 18.6 Å². The molecule has 0 amide bonds. The van der Waals surface area contributed by atoms with Gasteiger partial charge in [0.25, 0.3) is 0 Å². The summed E-state index contributed by atoms with van der Waals surface area (Å²) in [4.78, 5) is 2.33. The zero-order chi connectivity index (χ0) is 9.26. The van der Waals surface area contributed by atoms with Gasteiger partial charge in [-0.1, -0.05) is 30.3 Å². The molecule has 13 heavy (non-hydrogen) atoms. The van der Waals surface area contributed by atoms with Crippen LogP contribution in [0.1, 0.15) is 18.0 Å². The van der Waals surface area contributed by atoms with E-state index in [1.54, 1.807) is 0 Å². The minimum absolute atomic E-state index is 0.299. The van der Waals surface area contributed by atoms with E-state index in [9.17, 15) is 0 Å². The molecule has 2 atom stereocenters. The standard InChI is InChI=1S/C11H16N2/c1-13-8-7-10(12)11(13)9-5-3-2-4-6-9/h2-6,10-11H,7-8,12H2,1H3/t10-,11+/m1/s1. The lowest BCUT2D eigenvalue weighted by Crippen LogP contribution is -2.29. The largest absolute Gasteiger partial charge is 0.326 e. The molecule has 1 fully saturated rings. The van der Waals surface area contributed by atoms with E-state index in [0.717, 1.165) is 13.0 Å². The molecule has 0 aromatic heterocycles. The minimum atomic E-state index is 0.299. The molecule has 1 aliphatic heterocycles. The Bertz CT molecular complexity index is 261. The molecule has 0 saturated carbocycles. The zero-order valence-corrected chi connectivity index (χ0v) is 7.98. The molecule has 1 saturated heterocycles. The zero-order valence-electron chi connectivity index (χ0n) is 7.98. The molecular formula is C11H16N2. The van der Waals surface area contributed by atoms with E-state index in [-0.39, 0.29) is 0 Å². The third-order valence-electron chi connectivity index (χ3n) is 2.84. The summed E-state index contributed by atoms with van der Waals surface area (Å²) in [5, 5.41) is 0. The monoisotopic (exact) mass is 176 g/mol. The maximum absolute atomic E-state index is 6.06. The summed E-state index contributed by atoms with van der Waals surface area (Å²) in [6, 6.07) is 11.2. The number of hydrogen-bond acceptors (Lipinski definition) is 2. The van der Waals surface area contributed by atoms with Crippen molar-refractivity contribution in [1.29, 1.82) is 0 Å². The highest BCUT2D eigenvalue weighted by atomic mass is 15.2. The van der Waals surface area contributed by atoms with Gasteiger partial charge in [-0.05, 0) is 19.0 Å². The molecule has 2 rings (SSSR count). The number of benzene rings is 1. The van der Waals surface area contributed by atoms with Crippen LogP contribution >= 0.6 is 0 Å². The lowest BCUT2D eigenvalue weighted by Gasteiger charge is -2.22. The van der Waals surface area contributed by atoms with E-state index in [1.165, 1.54) is 5.56 Å². The molecule has 1 heterocycles. The van der Waals surface area contributed by atoms with Crippen molar-refractivity contribution in [2.45, 2.75) is 18.5 Å². The van der Waals surface area contributed by atoms with Crippen molar-refractivity contribution >= 4 is 0 Å². The second-order valence-corrected chi connectivity index (χ2v) is 3.79. The van der Waals surface area contributed by atoms with Crippen molar-refractivity contribution in [2.75, 3.05) is 13.6 Å². The van der Waals surface area contributed by atoms with Crippen molar-refractivity contribution in [3.05, 3.63) is 35.9 Å². The van der Waals surface area contributed by atoms with Crippen molar-refractivity contribution < 1.29 is 0 Å². The molecule has 0 spiro atoms. The van der Waals surface area contributed by atoms with Crippen LogP contribution in [0, 0.1) is 0 Å². The number of likely N-dealkylation sites (N-methyl/N-ethyl adjacent to an activating group) is 1. The smallest absolute Gasteiger partial charge is 0.0496 e. The van der Waals surface area contributed by atoms with Gasteiger partial charge in [0.15, 0.2) is 0 Å². The van der Waals surface area contributed by atoms with Crippen molar-refractivity contribution in [3.63, 3.8) is 0 Å². The quantitative estimate of drug-likeness (QED) is 0.700. The number of nitrogens with zero attached hydrogens (tertiary/aromatic N) is 1. The molecule has 0 unspecified atom stereocenters. The highest BCUT2D eigenvalue weighted by Gasteiger charge is 2.29. The van der Waals surface area contributed by atoms with Gasteiger partial charge in [0.05, 0.1) is 0 Å². The lowest BCUT2D eigenvalue weighted by atomic mass is 10.0. The number of rotatable bonds is 1. The Morgan fingerprint density at radius 3 is 2.54 bits per heavy atom. The highest BCUT2D eigenvalue weighted by molar-refractivity contribution is 5.21. The van der Waals surface area contributed by atoms with Crippen LogP contribution in [0.3, 0.4) is 0 Å². The topological polar surface area (TPSA) is 29.3 Å². The predicted molar refractivity (Wildman–Crippen MR) is 54.4 cm³/mol. The Morgan fingerprint density at radius 1 is 1.31 bits per heavy atom. The molecule has 70 valence electrons. The average Bonchev–Trinajstić information content (AvgIpc) is 2.48. The molecule has 2 nitrogen and oxygen atoms in total. The Labute approximate surface area is 79.4 Å². The molecular weight excluding hydrogens is 160 g/mol. The fourth-order valence-corrected chi connectivity index (χ4v) is 2.13. The first-order chi connectivity index (χ1) is 6.29. The maximum atomic E-state index is 6.06. The highest BCUT2D eigenvalue weighted by Crippen LogP contribution is 2.28. The Hall–Kier alpha value is -0.860. The summed E-state index contributed by atoms with van der Waals surface area (Å²) in [5.41, 5.74) is 7.40. The summed E-state index contributed by atoms with van der Waals surface area (Å²) in [6.45, 7) is 1.11. The first kappa shape index (κ1) is 8.73. The van der Waals surface area contributed by atoms with Gasteiger partial charge in [0.2, 0.25) is 0 Å². The van der Waals surface area contributed by atoms with Crippen LogP contribution in [-0.2, 0) is 0 Å². The normalized spacial score (nSPS) is 29.4. The van der Waals surface area contributed by atoms with E-state index >= 15 is 0 Å². The van der Waals surface area contributed by atoms with Gasteiger partial charge in [-0.2, -0.15) is 0 Å². The average molecular weight is 176 g/mol. The lowest BCUT2D eigenvalue weighted by molar-refractivity contribution is 0.304. The van der Waals surface area contributed by atoms with Crippen LogP contribution < -0.4 is 5.73 Å². The SMILES string of the molecule is CN1CC[C@@H](N)[C@@H]1c1ccccc1. The third kappa shape index (κ3) is 1.60. The Morgan fingerprint density at radius 2 is 2.00 bits per heavy atom. The number of likely N-dealkylation sites (tertiary alicyclic amines) is 1. The van der Waals surface area contributed by atoms with Crippen molar-refractivity contribution in [2.24, 2.45) is 5.73 Å². The van der Waals surface area contributed by atoms with Gasteiger partial charge in [-0.3, -0.25) is 4.90 Å². The molecule has 0 aliphatic carbocycles. The third-order valence-corrected chi connectivity index (χ3v) is 2.84. The van der Waals surface area contributed by atoms with E-state index in [4.69, 9.17) is 5.73 Å². The summed E-state index contributed by atoms with van der Waals surface area (Å²) in [5.74, 6) is 0. The van der Waals surface area contributed by atoms with E-state index in [1.807, 2.05) is 6.07 Å². The van der Waals surface area contributed by atoms with Crippen LogP contribution in [0.4, 0.5) is 0 Å². The van der Waals surface area contributed by atoms with E-state index < -0.39 is 0 Å². The molecule has 2 N–H and O–H groups in total. The minimum Gasteiger partial charge on any atom is -0.326 e. The summed E-state index contributed by atoms with van der Waals surface area (Å²) < 4.78 is 0. The van der Waals surface area contributed by atoms with E-state index in [0.29, 0.717) is 12.1 Å². The van der Waals surface area contributed by atoms with Crippen LogP contribution in [0.5, 0.6) is 0 Å². The van der Waals surface area contributed by atoms with Crippen LogP contribution in [-0.4, -0.2) is 24.5 Å².